The SMILES string of the molecule is COCCS(=O)(=O)NCC(c1ccco1)N1CCCCCC1. The third-order valence-corrected chi connectivity index (χ3v) is 5.32. The van der Waals surface area contributed by atoms with Crippen LogP contribution >= 0.6 is 0 Å². The van der Waals surface area contributed by atoms with Gasteiger partial charge in [-0.3, -0.25) is 4.90 Å². The van der Waals surface area contributed by atoms with Crippen molar-refractivity contribution >= 4 is 10.0 Å². The maximum absolute atomic E-state index is 12.0. The van der Waals surface area contributed by atoms with Crippen LogP contribution in [0.3, 0.4) is 0 Å². The van der Waals surface area contributed by atoms with E-state index in [4.69, 9.17) is 9.15 Å². The lowest BCUT2D eigenvalue weighted by molar-refractivity contribution is 0.182. The molecule has 1 unspecified atom stereocenters. The van der Waals surface area contributed by atoms with Crippen molar-refractivity contribution in [1.82, 2.24) is 9.62 Å². The fourth-order valence-electron chi connectivity index (χ4n) is 2.77. The molecule has 2 rings (SSSR count). The summed E-state index contributed by atoms with van der Waals surface area (Å²) in [5, 5.41) is 0. The van der Waals surface area contributed by atoms with E-state index < -0.39 is 10.0 Å². The summed E-state index contributed by atoms with van der Waals surface area (Å²) in [5.74, 6) is 0.797. The number of hydrogen-bond donors (Lipinski definition) is 1. The lowest BCUT2D eigenvalue weighted by Crippen LogP contribution is -2.39. The highest BCUT2D eigenvalue weighted by atomic mass is 32.2. The molecule has 1 atom stereocenters. The predicted molar refractivity (Wildman–Crippen MR) is 85.2 cm³/mol. The smallest absolute Gasteiger partial charge is 0.213 e. The minimum Gasteiger partial charge on any atom is -0.468 e. The van der Waals surface area contributed by atoms with Gasteiger partial charge in [0.25, 0.3) is 0 Å². The van der Waals surface area contributed by atoms with E-state index in [1.165, 1.54) is 20.0 Å². The molecule has 1 aromatic rings. The van der Waals surface area contributed by atoms with E-state index >= 15 is 0 Å². The van der Waals surface area contributed by atoms with Crippen LogP contribution in [0, 0.1) is 0 Å². The van der Waals surface area contributed by atoms with Crippen molar-refractivity contribution in [2.45, 2.75) is 31.7 Å². The van der Waals surface area contributed by atoms with E-state index in [1.807, 2.05) is 12.1 Å². The van der Waals surface area contributed by atoms with E-state index in [0.717, 1.165) is 31.7 Å². The van der Waals surface area contributed by atoms with Gasteiger partial charge in [0.05, 0.1) is 24.7 Å². The van der Waals surface area contributed by atoms with Gasteiger partial charge in [0.2, 0.25) is 10.0 Å². The molecule has 1 N–H and O–H groups in total. The van der Waals surface area contributed by atoms with Gasteiger partial charge < -0.3 is 9.15 Å². The standard InChI is InChI=1S/C15H26N2O4S/c1-20-11-12-22(18,19)16-13-14(15-7-6-10-21-15)17-8-4-2-3-5-9-17/h6-7,10,14,16H,2-5,8-9,11-13H2,1H3. The first-order valence-corrected chi connectivity index (χ1v) is 9.51. The molecule has 7 heteroatoms. The van der Waals surface area contributed by atoms with Gasteiger partial charge in [0.1, 0.15) is 5.76 Å². The highest BCUT2D eigenvalue weighted by Crippen LogP contribution is 2.24. The molecule has 1 saturated heterocycles. The molecule has 1 fully saturated rings. The van der Waals surface area contributed by atoms with Crippen LogP contribution in [0.1, 0.15) is 37.5 Å². The van der Waals surface area contributed by atoms with E-state index in [2.05, 4.69) is 9.62 Å². The van der Waals surface area contributed by atoms with E-state index in [0.29, 0.717) is 6.54 Å². The molecule has 2 heterocycles. The van der Waals surface area contributed by atoms with Crippen molar-refractivity contribution < 1.29 is 17.6 Å². The molecular weight excluding hydrogens is 304 g/mol. The molecular formula is C15H26N2O4S. The van der Waals surface area contributed by atoms with Gasteiger partial charge >= 0.3 is 0 Å². The Balaban J connectivity index is 2.02. The lowest BCUT2D eigenvalue weighted by atomic mass is 10.2. The highest BCUT2D eigenvalue weighted by molar-refractivity contribution is 7.89. The largest absolute Gasteiger partial charge is 0.468 e. The number of furan rings is 1. The van der Waals surface area contributed by atoms with Gasteiger partial charge in [-0.25, -0.2) is 13.1 Å². The first kappa shape index (κ1) is 17.5. The Labute approximate surface area is 132 Å². The van der Waals surface area contributed by atoms with Crippen molar-refractivity contribution in [3.05, 3.63) is 24.2 Å². The molecule has 0 amide bonds. The van der Waals surface area contributed by atoms with Gasteiger partial charge in [-0.1, -0.05) is 12.8 Å². The van der Waals surface area contributed by atoms with Gasteiger partial charge in [-0.05, 0) is 38.1 Å². The zero-order chi connectivity index (χ0) is 15.8. The first-order valence-electron chi connectivity index (χ1n) is 7.86. The summed E-state index contributed by atoms with van der Waals surface area (Å²) in [4.78, 5) is 2.32. The van der Waals surface area contributed by atoms with E-state index in [9.17, 15) is 8.42 Å². The summed E-state index contributed by atoms with van der Waals surface area (Å²) in [6.45, 7) is 2.49. The lowest BCUT2D eigenvalue weighted by Gasteiger charge is -2.29. The number of ether oxygens (including phenoxy) is 1. The van der Waals surface area contributed by atoms with Crippen LogP contribution < -0.4 is 4.72 Å². The molecule has 22 heavy (non-hydrogen) atoms. The maximum atomic E-state index is 12.0. The predicted octanol–water partition coefficient (Wildman–Crippen LogP) is 1.76. The van der Waals surface area contributed by atoms with Crippen molar-refractivity contribution in [3.8, 4) is 0 Å². The van der Waals surface area contributed by atoms with Crippen LogP contribution in [0.4, 0.5) is 0 Å². The van der Waals surface area contributed by atoms with Crippen molar-refractivity contribution in [2.24, 2.45) is 0 Å². The summed E-state index contributed by atoms with van der Waals surface area (Å²) >= 11 is 0. The monoisotopic (exact) mass is 330 g/mol. The Morgan fingerprint density at radius 3 is 2.64 bits per heavy atom. The quantitative estimate of drug-likeness (QED) is 0.786. The summed E-state index contributed by atoms with van der Waals surface area (Å²) in [6.07, 6.45) is 6.41. The number of likely N-dealkylation sites (tertiary alicyclic amines) is 1. The van der Waals surface area contributed by atoms with Crippen LogP contribution in [0.2, 0.25) is 0 Å². The molecule has 0 bridgehead atoms. The fourth-order valence-corrected chi connectivity index (χ4v) is 3.71. The van der Waals surface area contributed by atoms with Gasteiger partial charge in [0, 0.05) is 13.7 Å². The van der Waals surface area contributed by atoms with Crippen LogP contribution in [-0.4, -0.2) is 52.4 Å². The first-order chi connectivity index (χ1) is 10.6. The Bertz CT molecular complexity index is 508. The second-order valence-corrected chi connectivity index (χ2v) is 7.57. The Kier molecular flexibility index (Phi) is 6.88. The van der Waals surface area contributed by atoms with Crippen LogP contribution in [0.15, 0.2) is 22.8 Å². The van der Waals surface area contributed by atoms with Crippen LogP contribution in [0.25, 0.3) is 0 Å². The molecule has 0 radical (unpaired) electrons. The van der Waals surface area contributed by atoms with Crippen LogP contribution in [-0.2, 0) is 14.8 Å². The van der Waals surface area contributed by atoms with Crippen LogP contribution in [0.5, 0.6) is 0 Å². The minimum absolute atomic E-state index is 0.0195. The Hall–Kier alpha value is -0.890. The topological polar surface area (TPSA) is 71.8 Å². The molecule has 0 aromatic carbocycles. The van der Waals surface area contributed by atoms with Gasteiger partial charge in [-0.2, -0.15) is 0 Å². The molecule has 126 valence electrons. The normalized spacial score (nSPS) is 19.0. The summed E-state index contributed by atoms with van der Waals surface area (Å²) < 4.78 is 37.0. The molecule has 0 aliphatic carbocycles. The van der Waals surface area contributed by atoms with Crippen molar-refractivity contribution in [2.75, 3.05) is 39.1 Å². The average molecular weight is 330 g/mol. The summed E-state index contributed by atoms with van der Waals surface area (Å²) in [5.41, 5.74) is 0. The second-order valence-electron chi connectivity index (χ2n) is 5.64. The van der Waals surface area contributed by atoms with E-state index in [-0.39, 0.29) is 18.4 Å². The van der Waals surface area contributed by atoms with Crippen molar-refractivity contribution in [3.63, 3.8) is 0 Å². The van der Waals surface area contributed by atoms with Crippen molar-refractivity contribution in [1.29, 1.82) is 0 Å². The third-order valence-electron chi connectivity index (χ3n) is 4.01. The zero-order valence-corrected chi connectivity index (χ0v) is 14.0. The molecule has 1 aromatic heterocycles. The Morgan fingerprint density at radius 2 is 2.05 bits per heavy atom. The highest BCUT2D eigenvalue weighted by Gasteiger charge is 2.25. The molecule has 1 aliphatic rings. The summed E-state index contributed by atoms with van der Waals surface area (Å²) in [6, 6.07) is 3.71. The maximum Gasteiger partial charge on any atom is 0.213 e. The number of sulfonamides is 1. The van der Waals surface area contributed by atoms with Gasteiger partial charge in [-0.15, -0.1) is 0 Å². The minimum atomic E-state index is -3.32. The number of hydrogen-bond acceptors (Lipinski definition) is 5. The van der Waals surface area contributed by atoms with Gasteiger partial charge in [0.15, 0.2) is 0 Å². The zero-order valence-electron chi connectivity index (χ0n) is 13.2. The molecule has 6 nitrogen and oxygen atoms in total. The number of methoxy groups -OCH3 is 1. The second kappa shape index (κ2) is 8.67. The van der Waals surface area contributed by atoms with E-state index in [1.54, 1.807) is 6.26 Å². The average Bonchev–Trinajstić information content (AvgIpc) is 2.89. The number of rotatable bonds is 8. The molecule has 1 aliphatic heterocycles. The Morgan fingerprint density at radius 1 is 1.32 bits per heavy atom. The molecule has 0 spiro atoms. The summed E-state index contributed by atoms with van der Waals surface area (Å²) in [7, 11) is -1.82. The third kappa shape index (κ3) is 5.39. The fraction of sp³-hybridized carbons (Fsp3) is 0.733. The number of nitrogens with zero attached hydrogens (tertiary/aromatic N) is 1. The molecule has 0 saturated carbocycles. The number of nitrogens with one attached hydrogen (secondary N) is 1.